The van der Waals surface area contributed by atoms with E-state index in [0.29, 0.717) is 22.8 Å². The fourth-order valence-corrected chi connectivity index (χ4v) is 3.11. The lowest BCUT2D eigenvalue weighted by molar-refractivity contribution is -0.387. The third-order valence-electron chi connectivity index (χ3n) is 3.57. The standard InChI is InChI=1S/C17H17FN2O7S/c1-25-12-9-16(26-2)13(17(10-12)27-3)6-7-28(23,24)19-11-4-5-14(18)15(8-11)20(21)22/h4-10,19H,1-3H3/b7-6+. The second-order valence-electron chi connectivity index (χ2n) is 5.32. The molecule has 0 aliphatic rings. The summed E-state index contributed by atoms with van der Waals surface area (Å²) in [4.78, 5) is 9.83. The van der Waals surface area contributed by atoms with Crippen molar-refractivity contribution >= 4 is 27.5 Å². The number of halogens is 1. The van der Waals surface area contributed by atoms with Gasteiger partial charge in [-0.25, -0.2) is 8.42 Å². The molecule has 0 radical (unpaired) electrons. The molecule has 28 heavy (non-hydrogen) atoms. The lowest BCUT2D eigenvalue weighted by Gasteiger charge is -2.12. The van der Waals surface area contributed by atoms with Crippen LogP contribution in [0.2, 0.25) is 0 Å². The number of rotatable bonds is 8. The molecule has 0 fully saturated rings. The molecule has 11 heteroatoms. The predicted octanol–water partition coefficient (Wildman–Crippen LogP) is 3.17. The van der Waals surface area contributed by atoms with Crippen molar-refractivity contribution in [2.45, 2.75) is 0 Å². The van der Waals surface area contributed by atoms with E-state index >= 15 is 0 Å². The van der Waals surface area contributed by atoms with E-state index in [9.17, 15) is 22.9 Å². The first-order valence-electron chi connectivity index (χ1n) is 7.65. The largest absolute Gasteiger partial charge is 0.496 e. The molecule has 0 heterocycles. The van der Waals surface area contributed by atoms with Crippen LogP contribution in [0.15, 0.2) is 35.7 Å². The number of hydrogen-bond donors (Lipinski definition) is 1. The quantitative estimate of drug-likeness (QED) is 0.523. The van der Waals surface area contributed by atoms with Gasteiger partial charge in [-0.3, -0.25) is 14.8 Å². The Kier molecular flexibility index (Phi) is 6.41. The van der Waals surface area contributed by atoms with Crippen molar-refractivity contribution < 1.29 is 31.9 Å². The molecule has 0 aliphatic heterocycles. The maximum absolute atomic E-state index is 13.4. The van der Waals surface area contributed by atoms with Crippen molar-refractivity contribution in [1.82, 2.24) is 0 Å². The Labute approximate surface area is 160 Å². The molecular weight excluding hydrogens is 395 g/mol. The van der Waals surface area contributed by atoms with Gasteiger partial charge in [-0.05, 0) is 18.2 Å². The van der Waals surface area contributed by atoms with Crippen molar-refractivity contribution in [3.8, 4) is 17.2 Å². The Morgan fingerprint density at radius 2 is 1.68 bits per heavy atom. The van der Waals surface area contributed by atoms with E-state index in [1.54, 1.807) is 12.1 Å². The normalized spacial score (nSPS) is 11.3. The Bertz CT molecular complexity index is 997. The maximum Gasteiger partial charge on any atom is 0.306 e. The first-order valence-corrected chi connectivity index (χ1v) is 9.20. The van der Waals surface area contributed by atoms with Crippen molar-refractivity contribution in [1.29, 1.82) is 0 Å². The SMILES string of the molecule is COc1cc(OC)c(/C=C/S(=O)(=O)Nc2ccc(F)c([N+](=O)[O-])c2)c(OC)c1. The molecule has 2 aromatic rings. The van der Waals surface area contributed by atoms with E-state index in [1.165, 1.54) is 27.4 Å². The molecule has 0 aromatic heterocycles. The van der Waals surface area contributed by atoms with E-state index in [0.717, 1.165) is 23.6 Å². The number of nitrogens with zero attached hydrogens (tertiary/aromatic N) is 1. The fourth-order valence-electron chi connectivity index (χ4n) is 2.27. The lowest BCUT2D eigenvalue weighted by Crippen LogP contribution is -2.09. The van der Waals surface area contributed by atoms with Crippen LogP contribution in [-0.4, -0.2) is 34.7 Å². The van der Waals surface area contributed by atoms with Gasteiger partial charge >= 0.3 is 5.69 Å². The molecule has 9 nitrogen and oxygen atoms in total. The highest BCUT2D eigenvalue weighted by molar-refractivity contribution is 7.95. The average Bonchev–Trinajstić information content (AvgIpc) is 2.66. The number of hydrogen-bond acceptors (Lipinski definition) is 7. The van der Waals surface area contributed by atoms with Crippen molar-refractivity contribution in [2.24, 2.45) is 0 Å². The van der Waals surface area contributed by atoms with Gasteiger partial charge < -0.3 is 14.2 Å². The molecule has 150 valence electrons. The molecule has 0 spiro atoms. The van der Waals surface area contributed by atoms with Gasteiger partial charge in [-0.2, -0.15) is 4.39 Å². The van der Waals surface area contributed by atoms with Crippen molar-refractivity contribution in [3.05, 3.63) is 57.2 Å². The molecule has 0 atom stereocenters. The topological polar surface area (TPSA) is 117 Å². The molecule has 0 saturated heterocycles. The Hall–Kier alpha value is -3.34. The molecule has 0 saturated carbocycles. The summed E-state index contributed by atoms with van der Waals surface area (Å²) < 4.78 is 55.7. The smallest absolute Gasteiger partial charge is 0.306 e. The highest BCUT2D eigenvalue weighted by atomic mass is 32.2. The van der Waals surface area contributed by atoms with E-state index in [4.69, 9.17) is 14.2 Å². The minimum absolute atomic E-state index is 0.161. The maximum atomic E-state index is 13.4. The number of nitrogens with one attached hydrogen (secondary N) is 1. The molecule has 0 aliphatic carbocycles. The van der Waals surface area contributed by atoms with E-state index < -0.39 is 26.5 Å². The zero-order chi connectivity index (χ0) is 20.9. The van der Waals surface area contributed by atoms with Gasteiger partial charge in [-0.15, -0.1) is 0 Å². The Morgan fingerprint density at radius 1 is 1.07 bits per heavy atom. The minimum atomic E-state index is -4.07. The van der Waals surface area contributed by atoms with Crippen molar-refractivity contribution in [3.63, 3.8) is 0 Å². The number of nitro groups is 1. The van der Waals surface area contributed by atoms with Crippen LogP contribution in [0.3, 0.4) is 0 Å². The summed E-state index contributed by atoms with van der Waals surface area (Å²) in [5, 5.41) is 11.6. The van der Waals surface area contributed by atoms with Crippen LogP contribution in [0, 0.1) is 15.9 Å². The van der Waals surface area contributed by atoms with Gasteiger partial charge in [0, 0.05) is 18.2 Å². The van der Waals surface area contributed by atoms with Crippen LogP contribution in [0.5, 0.6) is 17.2 Å². The molecule has 1 N–H and O–H groups in total. The lowest BCUT2D eigenvalue weighted by atomic mass is 10.1. The molecule has 2 aromatic carbocycles. The number of anilines is 1. The van der Waals surface area contributed by atoms with Gasteiger partial charge in [-0.1, -0.05) is 0 Å². The van der Waals surface area contributed by atoms with Crippen LogP contribution in [-0.2, 0) is 10.0 Å². The fraction of sp³-hybridized carbons (Fsp3) is 0.176. The van der Waals surface area contributed by atoms with E-state index in [2.05, 4.69) is 4.72 Å². The Morgan fingerprint density at radius 3 is 2.18 bits per heavy atom. The number of sulfonamides is 1. The van der Waals surface area contributed by atoms with Crippen LogP contribution < -0.4 is 18.9 Å². The van der Waals surface area contributed by atoms with Gasteiger partial charge in [0.05, 0.1) is 42.9 Å². The summed E-state index contributed by atoms with van der Waals surface area (Å²) in [5.74, 6) is -0.0122. The van der Waals surface area contributed by atoms with Crippen LogP contribution in [0.25, 0.3) is 6.08 Å². The summed E-state index contributed by atoms with van der Waals surface area (Å²) in [6.07, 6.45) is 1.23. The molecule has 0 unspecified atom stereocenters. The van der Waals surface area contributed by atoms with Crippen LogP contribution in [0.1, 0.15) is 5.56 Å². The highest BCUT2D eigenvalue weighted by Gasteiger charge is 2.17. The number of methoxy groups -OCH3 is 3. The summed E-state index contributed by atoms with van der Waals surface area (Å²) in [5.41, 5.74) is -0.671. The monoisotopic (exact) mass is 412 g/mol. The first-order chi connectivity index (χ1) is 13.2. The molecular formula is C17H17FN2O7S. The Balaban J connectivity index is 2.36. The van der Waals surface area contributed by atoms with Gasteiger partial charge in [0.25, 0.3) is 10.0 Å². The predicted molar refractivity (Wildman–Crippen MR) is 101 cm³/mol. The third kappa shape index (κ3) is 4.88. The van der Waals surface area contributed by atoms with Gasteiger partial charge in [0.1, 0.15) is 17.2 Å². The summed E-state index contributed by atoms with van der Waals surface area (Å²) in [6, 6.07) is 5.75. The second kappa shape index (κ2) is 8.57. The number of nitro benzene ring substituents is 1. The zero-order valence-corrected chi connectivity index (χ0v) is 15.9. The van der Waals surface area contributed by atoms with Gasteiger partial charge in [0.2, 0.25) is 5.82 Å². The zero-order valence-electron chi connectivity index (χ0n) is 15.1. The van der Waals surface area contributed by atoms with E-state index in [1.807, 2.05) is 0 Å². The highest BCUT2D eigenvalue weighted by Crippen LogP contribution is 2.35. The summed E-state index contributed by atoms with van der Waals surface area (Å²) >= 11 is 0. The first kappa shape index (κ1) is 21.0. The molecule has 2 rings (SSSR count). The van der Waals surface area contributed by atoms with Gasteiger partial charge in [0.15, 0.2) is 0 Å². The van der Waals surface area contributed by atoms with Crippen LogP contribution >= 0.6 is 0 Å². The van der Waals surface area contributed by atoms with E-state index in [-0.39, 0.29) is 5.69 Å². The summed E-state index contributed by atoms with van der Waals surface area (Å²) in [7, 11) is 0.184. The third-order valence-corrected chi connectivity index (χ3v) is 4.58. The molecule has 0 bridgehead atoms. The minimum Gasteiger partial charge on any atom is -0.496 e. The van der Waals surface area contributed by atoms with Crippen molar-refractivity contribution in [2.75, 3.05) is 26.1 Å². The summed E-state index contributed by atoms with van der Waals surface area (Å²) in [6.45, 7) is 0. The number of ether oxygens (including phenoxy) is 3. The molecule has 0 amide bonds. The second-order valence-corrected chi connectivity index (χ2v) is 6.89. The van der Waals surface area contributed by atoms with Crippen LogP contribution in [0.4, 0.5) is 15.8 Å². The number of benzene rings is 2. The average molecular weight is 412 g/mol.